The van der Waals surface area contributed by atoms with Gasteiger partial charge in [0.25, 0.3) is 0 Å². The van der Waals surface area contributed by atoms with E-state index in [1.807, 2.05) is 26.4 Å². The summed E-state index contributed by atoms with van der Waals surface area (Å²) in [6.07, 6.45) is 7.17. The first-order valence-electron chi connectivity index (χ1n) is 4.75. The topological polar surface area (TPSA) is 55.6 Å². The van der Waals surface area contributed by atoms with Crippen molar-refractivity contribution >= 4 is 5.82 Å². The number of hydrogen-bond acceptors (Lipinski definition) is 4. The molecule has 1 N–H and O–H groups in total. The van der Waals surface area contributed by atoms with E-state index >= 15 is 0 Å². The molecule has 2 aromatic rings. The van der Waals surface area contributed by atoms with Crippen LogP contribution in [0.3, 0.4) is 0 Å². The SMILES string of the molecule is Cc1nccnc1NCc1cnn(C)c1. The molecule has 5 heteroatoms. The van der Waals surface area contributed by atoms with Gasteiger partial charge in [-0.15, -0.1) is 0 Å². The summed E-state index contributed by atoms with van der Waals surface area (Å²) in [6, 6.07) is 0. The van der Waals surface area contributed by atoms with Crippen molar-refractivity contribution in [1.29, 1.82) is 0 Å². The van der Waals surface area contributed by atoms with Gasteiger partial charge in [0.2, 0.25) is 0 Å². The predicted molar refractivity (Wildman–Crippen MR) is 57.3 cm³/mol. The van der Waals surface area contributed by atoms with Gasteiger partial charge in [-0.1, -0.05) is 0 Å². The summed E-state index contributed by atoms with van der Waals surface area (Å²) in [7, 11) is 1.90. The van der Waals surface area contributed by atoms with Crippen LogP contribution in [0.1, 0.15) is 11.3 Å². The molecule has 0 spiro atoms. The summed E-state index contributed by atoms with van der Waals surface area (Å²) >= 11 is 0. The Morgan fingerprint density at radius 3 is 2.80 bits per heavy atom. The maximum atomic E-state index is 4.20. The number of nitrogens with one attached hydrogen (secondary N) is 1. The van der Waals surface area contributed by atoms with Gasteiger partial charge in [-0.2, -0.15) is 5.10 Å². The molecule has 0 saturated carbocycles. The van der Waals surface area contributed by atoms with Crippen molar-refractivity contribution in [3.05, 3.63) is 36.0 Å². The molecule has 0 fully saturated rings. The molecule has 2 heterocycles. The highest BCUT2D eigenvalue weighted by Gasteiger charge is 2.00. The second-order valence-electron chi connectivity index (χ2n) is 3.37. The lowest BCUT2D eigenvalue weighted by molar-refractivity contribution is 0.767. The third kappa shape index (κ3) is 2.31. The van der Waals surface area contributed by atoms with Gasteiger partial charge in [0.15, 0.2) is 0 Å². The van der Waals surface area contributed by atoms with Gasteiger partial charge in [-0.05, 0) is 6.92 Å². The normalized spacial score (nSPS) is 10.3. The van der Waals surface area contributed by atoms with E-state index in [2.05, 4.69) is 20.4 Å². The minimum Gasteiger partial charge on any atom is -0.364 e. The first kappa shape index (κ1) is 9.64. The summed E-state index contributed by atoms with van der Waals surface area (Å²) in [6.45, 7) is 2.64. The molecule has 15 heavy (non-hydrogen) atoms. The van der Waals surface area contributed by atoms with Crippen molar-refractivity contribution in [2.45, 2.75) is 13.5 Å². The van der Waals surface area contributed by atoms with Gasteiger partial charge in [0.1, 0.15) is 5.82 Å². The van der Waals surface area contributed by atoms with Crippen LogP contribution in [-0.4, -0.2) is 19.7 Å². The van der Waals surface area contributed by atoms with Crippen molar-refractivity contribution in [3.63, 3.8) is 0 Å². The molecule has 0 bridgehead atoms. The molecule has 0 radical (unpaired) electrons. The van der Waals surface area contributed by atoms with Crippen LogP contribution in [0.5, 0.6) is 0 Å². The fourth-order valence-electron chi connectivity index (χ4n) is 1.33. The van der Waals surface area contributed by atoms with E-state index in [1.54, 1.807) is 17.1 Å². The van der Waals surface area contributed by atoms with Crippen LogP contribution >= 0.6 is 0 Å². The smallest absolute Gasteiger partial charge is 0.147 e. The van der Waals surface area contributed by atoms with E-state index in [1.165, 1.54) is 0 Å². The monoisotopic (exact) mass is 203 g/mol. The van der Waals surface area contributed by atoms with Crippen LogP contribution in [0.4, 0.5) is 5.82 Å². The third-order valence-electron chi connectivity index (χ3n) is 2.10. The average molecular weight is 203 g/mol. The number of rotatable bonds is 3. The minimum absolute atomic E-state index is 0.716. The molecule has 2 rings (SSSR count). The Kier molecular flexibility index (Phi) is 2.62. The number of aryl methyl sites for hydroxylation is 2. The first-order valence-corrected chi connectivity index (χ1v) is 4.75. The highest BCUT2D eigenvalue weighted by atomic mass is 15.2. The molecule has 0 atom stereocenters. The van der Waals surface area contributed by atoms with Crippen molar-refractivity contribution in [2.75, 3.05) is 5.32 Å². The van der Waals surface area contributed by atoms with Gasteiger partial charge in [-0.25, -0.2) is 4.98 Å². The van der Waals surface area contributed by atoms with Crippen LogP contribution in [0.25, 0.3) is 0 Å². The van der Waals surface area contributed by atoms with Crippen molar-refractivity contribution in [3.8, 4) is 0 Å². The fraction of sp³-hybridized carbons (Fsp3) is 0.300. The Morgan fingerprint density at radius 2 is 2.13 bits per heavy atom. The van der Waals surface area contributed by atoms with Crippen LogP contribution in [0, 0.1) is 6.92 Å². The average Bonchev–Trinajstić information content (AvgIpc) is 2.63. The highest BCUT2D eigenvalue weighted by molar-refractivity contribution is 5.38. The molecule has 0 aromatic carbocycles. The van der Waals surface area contributed by atoms with Crippen LogP contribution in [-0.2, 0) is 13.6 Å². The Bertz CT molecular complexity index is 449. The molecule has 0 unspecified atom stereocenters. The standard InChI is InChI=1S/C10H13N5/c1-8-10(12-4-3-11-8)13-5-9-6-14-15(2)7-9/h3-4,6-7H,5H2,1-2H3,(H,12,13). The molecule has 0 aliphatic rings. The maximum absolute atomic E-state index is 4.20. The van der Waals surface area contributed by atoms with E-state index in [0.29, 0.717) is 6.54 Å². The second-order valence-corrected chi connectivity index (χ2v) is 3.37. The van der Waals surface area contributed by atoms with Crippen molar-refractivity contribution in [2.24, 2.45) is 7.05 Å². The van der Waals surface area contributed by atoms with Crippen molar-refractivity contribution in [1.82, 2.24) is 19.7 Å². The van der Waals surface area contributed by atoms with E-state index in [4.69, 9.17) is 0 Å². The third-order valence-corrected chi connectivity index (χ3v) is 2.10. The summed E-state index contributed by atoms with van der Waals surface area (Å²) in [5, 5.41) is 7.31. The zero-order valence-electron chi connectivity index (χ0n) is 8.81. The van der Waals surface area contributed by atoms with E-state index in [9.17, 15) is 0 Å². The van der Waals surface area contributed by atoms with Gasteiger partial charge in [0.05, 0.1) is 11.9 Å². The molecule has 78 valence electrons. The fourth-order valence-corrected chi connectivity index (χ4v) is 1.33. The van der Waals surface area contributed by atoms with Crippen LogP contribution < -0.4 is 5.32 Å². The highest BCUT2D eigenvalue weighted by Crippen LogP contribution is 2.07. The molecule has 0 saturated heterocycles. The molecule has 0 aliphatic heterocycles. The predicted octanol–water partition coefficient (Wildman–Crippen LogP) is 1.13. The number of aromatic nitrogens is 4. The van der Waals surface area contributed by atoms with E-state index < -0.39 is 0 Å². The second kappa shape index (κ2) is 4.08. The minimum atomic E-state index is 0.716. The Labute approximate surface area is 88.2 Å². The summed E-state index contributed by atoms with van der Waals surface area (Å²) in [4.78, 5) is 8.35. The molecular formula is C10H13N5. The molecular weight excluding hydrogens is 190 g/mol. The molecule has 2 aromatic heterocycles. The lowest BCUT2D eigenvalue weighted by Gasteiger charge is -2.05. The van der Waals surface area contributed by atoms with E-state index in [-0.39, 0.29) is 0 Å². The Hall–Kier alpha value is -1.91. The largest absolute Gasteiger partial charge is 0.364 e. The quantitative estimate of drug-likeness (QED) is 0.812. The lowest BCUT2D eigenvalue weighted by Crippen LogP contribution is -2.03. The number of nitrogens with zero attached hydrogens (tertiary/aromatic N) is 4. The zero-order valence-corrected chi connectivity index (χ0v) is 8.81. The van der Waals surface area contributed by atoms with Gasteiger partial charge in [0, 0.05) is 37.7 Å². The number of hydrogen-bond donors (Lipinski definition) is 1. The summed E-state index contributed by atoms with van der Waals surface area (Å²) in [5.41, 5.74) is 2.03. The van der Waals surface area contributed by atoms with Gasteiger partial charge in [-0.3, -0.25) is 9.67 Å². The molecule has 5 nitrogen and oxygen atoms in total. The summed E-state index contributed by atoms with van der Waals surface area (Å²) < 4.78 is 1.78. The van der Waals surface area contributed by atoms with Crippen LogP contribution in [0.2, 0.25) is 0 Å². The van der Waals surface area contributed by atoms with E-state index in [0.717, 1.165) is 17.1 Å². The molecule has 0 aliphatic carbocycles. The lowest BCUT2D eigenvalue weighted by atomic mass is 10.3. The first-order chi connectivity index (χ1) is 7.25. The Balaban J connectivity index is 2.02. The van der Waals surface area contributed by atoms with Gasteiger partial charge >= 0.3 is 0 Å². The zero-order chi connectivity index (χ0) is 10.7. The van der Waals surface area contributed by atoms with Gasteiger partial charge < -0.3 is 5.32 Å². The van der Waals surface area contributed by atoms with Crippen LogP contribution in [0.15, 0.2) is 24.8 Å². The number of anilines is 1. The molecule has 0 amide bonds. The van der Waals surface area contributed by atoms with Crippen molar-refractivity contribution < 1.29 is 0 Å². The Morgan fingerprint density at radius 1 is 1.33 bits per heavy atom. The maximum Gasteiger partial charge on any atom is 0.147 e. The summed E-state index contributed by atoms with van der Waals surface area (Å²) in [5.74, 6) is 0.821.